The van der Waals surface area contributed by atoms with Crippen molar-refractivity contribution in [1.29, 1.82) is 0 Å². The Morgan fingerprint density at radius 3 is 2.94 bits per heavy atom. The summed E-state index contributed by atoms with van der Waals surface area (Å²) in [6.07, 6.45) is 2.42. The van der Waals surface area contributed by atoms with Crippen molar-refractivity contribution in [2.75, 3.05) is 32.1 Å². The van der Waals surface area contributed by atoms with Crippen LogP contribution in [0.4, 0.5) is 5.69 Å². The quantitative estimate of drug-likeness (QED) is 0.769. The molecule has 0 fully saturated rings. The molecule has 0 aliphatic rings. The maximum Gasteiger partial charge on any atom is 0.104 e. The number of aromatic amines is 1. The molecule has 0 unspecified atom stereocenters. The number of anilines is 1. The van der Waals surface area contributed by atoms with Gasteiger partial charge in [0.25, 0.3) is 0 Å². The van der Waals surface area contributed by atoms with Gasteiger partial charge in [-0.05, 0) is 51.6 Å². The van der Waals surface area contributed by atoms with Gasteiger partial charge in [0.05, 0.1) is 11.0 Å². The smallest absolute Gasteiger partial charge is 0.104 e. The van der Waals surface area contributed by atoms with Gasteiger partial charge >= 0.3 is 0 Å². The standard InChI is InChI=1S/C14H22N4/c1-11-16-13-7-6-12(10-14(13)17-11)18(3)9-5-4-8-15-2/h6-7,10,15H,4-5,8-9H2,1-3H3,(H,16,17). The lowest BCUT2D eigenvalue weighted by Crippen LogP contribution is -2.19. The molecule has 0 saturated carbocycles. The summed E-state index contributed by atoms with van der Waals surface area (Å²) in [7, 11) is 4.14. The minimum Gasteiger partial charge on any atom is -0.375 e. The van der Waals surface area contributed by atoms with E-state index in [1.54, 1.807) is 0 Å². The fraction of sp³-hybridized carbons (Fsp3) is 0.500. The maximum atomic E-state index is 4.42. The monoisotopic (exact) mass is 246 g/mol. The van der Waals surface area contributed by atoms with E-state index >= 15 is 0 Å². The first-order valence-corrected chi connectivity index (χ1v) is 6.53. The molecule has 1 aromatic heterocycles. The SMILES string of the molecule is CNCCCCN(C)c1ccc2nc(C)[nH]c2c1. The second-order valence-corrected chi connectivity index (χ2v) is 4.76. The Morgan fingerprint density at radius 1 is 1.33 bits per heavy atom. The fourth-order valence-corrected chi connectivity index (χ4v) is 2.14. The molecule has 2 rings (SSSR count). The molecule has 1 aromatic carbocycles. The number of H-pyrrole nitrogens is 1. The highest BCUT2D eigenvalue weighted by molar-refractivity contribution is 5.79. The van der Waals surface area contributed by atoms with Gasteiger partial charge in [0.15, 0.2) is 0 Å². The molecular formula is C14H22N4. The van der Waals surface area contributed by atoms with Gasteiger partial charge in [0, 0.05) is 19.3 Å². The van der Waals surface area contributed by atoms with Crippen LogP contribution in [0.5, 0.6) is 0 Å². The molecule has 0 saturated heterocycles. The molecule has 2 aromatic rings. The first-order chi connectivity index (χ1) is 8.70. The van der Waals surface area contributed by atoms with Crippen LogP contribution in [0, 0.1) is 6.92 Å². The molecule has 4 nitrogen and oxygen atoms in total. The zero-order valence-electron chi connectivity index (χ0n) is 11.5. The Bertz CT molecular complexity index is 503. The lowest BCUT2D eigenvalue weighted by molar-refractivity contribution is 0.671. The number of hydrogen-bond donors (Lipinski definition) is 2. The molecule has 0 bridgehead atoms. The molecule has 98 valence electrons. The summed E-state index contributed by atoms with van der Waals surface area (Å²) in [6, 6.07) is 6.40. The minimum absolute atomic E-state index is 0.971. The highest BCUT2D eigenvalue weighted by atomic mass is 15.1. The van der Waals surface area contributed by atoms with Crippen LogP contribution in [0.3, 0.4) is 0 Å². The number of hydrogen-bond acceptors (Lipinski definition) is 3. The Balaban J connectivity index is 2.01. The normalized spacial score (nSPS) is 11.1. The van der Waals surface area contributed by atoms with Gasteiger partial charge in [-0.3, -0.25) is 0 Å². The summed E-state index contributed by atoms with van der Waals surface area (Å²) in [5, 5.41) is 3.18. The third-order valence-corrected chi connectivity index (χ3v) is 3.19. The molecule has 0 amide bonds. The van der Waals surface area contributed by atoms with E-state index in [1.165, 1.54) is 18.5 Å². The van der Waals surface area contributed by atoms with Crippen molar-refractivity contribution in [2.24, 2.45) is 0 Å². The van der Waals surface area contributed by atoms with Crippen LogP contribution in [0.25, 0.3) is 11.0 Å². The zero-order chi connectivity index (χ0) is 13.0. The Labute approximate surface area is 108 Å². The fourth-order valence-electron chi connectivity index (χ4n) is 2.14. The minimum atomic E-state index is 0.971. The van der Waals surface area contributed by atoms with Crippen LogP contribution in [0.15, 0.2) is 18.2 Å². The van der Waals surface area contributed by atoms with Crippen molar-refractivity contribution in [3.05, 3.63) is 24.0 Å². The number of aromatic nitrogens is 2. The number of imidazole rings is 1. The summed E-state index contributed by atoms with van der Waals surface area (Å²) in [5.74, 6) is 0.971. The Kier molecular flexibility index (Phi) is 4.20. The summed E-state index contributed by atoms with van der Waals surface area (Å²) < 4.78 is 0. The van der Waals surface area contributed by atoms with Crippen molar-refractivity contribution in [3.8, 4) is 0 Å². The van der Waals surface area contributed by atoms with E-state index in [0.717, 1.165) is 29.9 Å². The number of fused-ring (bicyclic) bond motifs is 1. The predicted molar refractivity (Wildman–Crippen MR) is 77.3 cm³/mol. The zero-order valence-corrected chi connectivity index (χ0v) is 11.5. The average molecular weight is 246 g/mol. The Hall–Kier alpha value is -1.55. The number of nitrogens with one attached hydrogen (secondary N) is 2. The van der Waals surface area contributed by atoms with E-state index in [1.807, 2.05) is 14.0 Å². The number of aryl methyl sites for hydroxylation is 1. The van der Waals surface area contributed by atoms with Gasteiger partial charge in [-0.2, -0.15) is 0 Å². The third kappa shape index (κ3) is 3.01. The van der Waals surface area contributed by atoms with Crippen molar-refractivity contribution in [2.45, 2.75) is 19.8 Å². The molecule has 0 aliphatic carbocycles. The highest BCUT2D eigenvalue weighted by Gasteiger charge is 2.04. The number of unbranched alkanes of at least 4 members (excludes halogenated alkanes) is 1. The van der Waals surface area contributed by atoms with Crippen LogP contribution >= 0.6 is 0 Å². The molecule has 0 aliphatic heterocycles. The van der Waals surface area contributed by atoms with E-state index in [-0.39, 0.29) is 0 Å². The number of nitrogens with zero attached hydrogens (tertiary/aromatic N) is 2. The third-order valence-electron chi connectivity index (χ3n) is 3.19. The van der Waals surface area contributed by atoms with Crippen molar-refractivity contribution in [3.63, 3.8) is 0 Å². The lowest BCUT2D eigenvalue weighted by atomic mass is 10.2. The van der Waals surface area contributed by atoms with Crippen LogP contribution < -0.4 is 10.2 Å². The van der Waals surface area contributed by atoms with Crippen molar-refractivity contribution in [1.82, 2.24) is 15.3 Å². The number of rotatable bonds is 6. The van der Waals surface area contributed by atoms with Gasteiger partial charge in [-0.15, -0.1) is 0 Å². The molecule has 0 atom stereocenters. The molecule has 0 spiro atoms. The maximum absolute atomic E-state index is 4.42. The summed E-state index contributed by atoms with van der Waals surface area (Å²) in [6.45, 7) is 4.16. The predicted octanol–water partition coefficient (Wildman–Crippen LogP) is 2.31. The largest absolute Gasteiger partial charge is 0.375 e. The topological polar surface area (TPSA) is 44.0 Å². The highest BCUT2D eigenvalue weighted by Crippen LogP contribution is 2.20. The second-order valence-electron chi connectivity index (χ2n) is 4.76. The van der Waals surface area contributed by atoms with Gasteiger partial charge in [-0.25, -0.2) is 4.98 Å². The van der Waals surface area contributed by atoms with Gasteiger partial charge in [0.2, 0.25) is 0 Å². The first-order valence-electron chi connectivity index (χ1n) is 6.53. The lowest BCUT2D eigenvalue weighted by Gasteiger charge is -2.19. The average Bonchev–Trinajstić information content (AvgIpc) is 2.73. The first kappa shape index (κ1) is 12.9. The molecule has 0 radical (unpaired) electrons. The molecule has 4 heteroatoms. The van der Waals surface area contributed by atoms with Crippen LogP contribution in [0.1, 0.15) is 18.7 Å². The van der Waals surface area contributed by atoms with Crippen LogP contribution in [-0.2, 0) is 0 Å². The summed E-state index contributed by atoms with van der Waals surface area (Å²) >= 11 is 0. The van der Waals surface area contributed by atoms with E-state index in [0.29, 0.717) is 0 Å². The van der Waals surface area contributed by atoms with Crippen LogP contribution in [-0.4, -0.2) is 37.2 Å². The summed E-state index contributed by atoms with van der Waals surface area (Å²) in [5.41, 5.74) is 3.41. The van der Waals surface area contributed by atoms with E-state index in [2.05, 4.69) is 45.4 Å². The summed E-state index contributed by atoms with van der Waals surface area (Å²) in [4.78, 5) is 10.00. The number of benzene rings is 1. The van der Waals surface area contributed by atoms with E-state index in [4.69, 9.17) is 0 Å². The molecule has 1 heterocycles. The van der Waals surface area contributed by atoms with E-state index in [9.17, 15) is 0 Å². The molecule has 2 N–H and O–H groups in total. The van der Waals surface area contributed by atoms with Gasteiger partial charge in [0.1, 0.15) is 5.82 Å². The van der Waals surface area contributed by atoms with Gasteiger partial charge < -0.3 is 15.2 Å². The van der Waals surface area contributed by atoms with Crippen molar-refractivity contribution < 1.29 is 0 Å². The van der Waals surface area contributed by atoms with Gasteiger partial charge in [-0.1, -0.05) is 0 Å². The Morgan fingerprint density at radius 2 is 2.17 bits per heavy atom. The second kappa shape index (κ2) is 5.87. The van der Waals surface area contributed by atoms with Crippen molar-refractivity contribution >= 4 is 16.7 Å². The van der Waals surface area contributed by atoms with E-state index < -0.39 is 0 Å². The van der Waals surface area contributed by atoms with Crippen LogP contribution in [0.2, 0.25) is 0 Å². The molecule has 18 heavy (non-hydrogen) atoms. The molecular weight excluding hydrogens is 224 g/mol.